The molecule has 116 valence electrons. The number of carbonyl (C=O) groups excluding carboxylic acids is 2. The lowest BCUT2D eigenvalue weighted by Crippen LogP contribution is -2.36. The van der Waals surface area contributed by atoms with E-state index in [2.05, 4.69) is 0 Å². The second-order valence-electron chi connectivity index (χ2n) is 4.38. The first-order valence-corrected chi connectivity index (χ1v) is 9.60. The van der Waals surface area contributed by atoms with Crippen molar-refractivity contribution in [2.45, 2.75) is 11.3 Å². The highest BCUT2D eigenvalue weighted by Crippen LogP contribution is 2.52. The minimum absolute atomic E-state index is 0.0471. The van der Waals surface area contributed by atoms with E-state index in [1.165, 1.54) is 27.7 Å². The van der Waals surface area contributed by atoms with Crippen LogP contribution in [0.3, 0.4) is 0 Å². The van der Waals surface area contributed by atoms with Crippen LogP contribution in [-0.4, -0.2) is 10.5 Å². The summed E-state index contributed by atoms with van der Waals surface area (Å²) in [6.07, 6.45) is 3.13. The van der Waals surface area contributed by atoms with E-state index in [4.69, 9.17) is 46.4 Å². The molecule has 2 nitrogen and oxygen atoms in total. The number of rotatable bonds is 5. The molecule has 1 aliphatic rings. The van der Waals surface area contributed by atoms with Gasteiger partial charge >= 0.3 is 0 Å². The zero-order chi connectivity index (χ0) is 16.3. The van der Waals surface area contributed by atoms with Crippen LogP contribution in [0.2, 0.25) is 5.02 Å². The Kier molecular flexibility index (Phi) is 6.34. The molecule has 2 rings (SSSR count). The lowest BCUT2D eigenvalue weighted by Gasteiger charge is -2.29. The van der Waals surface area contributed by atoms with E-state index in [9.17, 15) is 9.59 Å². The van der Waals surface area contributed by atoms with Crippen molar-refractivity contribution in [3.63, 3.8) is 0 Å². The highest BCUT2D eigenvalue weighted by atomic mass is 35.5. The number of hydrogen-bond donors (Lipinski definition) is 0. The Hall–Kier alpha value is -0.100. The van der Waals surface area contributed by atoms with E-state index >= 15 is 0 Å². The smallest absolute Gasteiger partial charge is 0.241 e. The molecular weight excluding hydrogens is 406 g/mol. The molecule has 0 heterocycles. The van der Waals surface area contributed by atoms with E-state index in [1.807, 2.05) is 6.07 Å². The van der Waals surface area contributed by atoms with Crippen molar-refractivity contribution >= 4 is 78.5 Å². The molecule has 0 unspecified atom stereocenters. The van der Waals surface area contributed by atoms with Crippen LogP contribution < -0.4 is 0 Å². The Morgan fingerprint density at radius 2 is 1.77 bits per heavy atom. The van der Waals surface area contributed by atoms with Gasteiger partial charge in [-0.05, 0) is 53.9 Å². The fourth-order valence-electron chi connectivity index (χ4n) is 1.80. The Balaban J connectivity index is 2.30. The van der Waals surface area contributed by atoms with Crippen molar-refractivity contribution < 1.29 is 9.59 Å². The van der Waals surface area contributed by atoms with Crippen LogP contribution in [0.4, 0.5) is 0 Å². The molecule has 0 fully saturated rings. The summed E-state index contributed by atoms with van der Waals surface area (Å²) in [5.41, 5.74) is -1.59. The Bertz CT molecular complexity index is 671. The molecule has 0 amide bonds. The molecule has 1 aromatic carbocycles. The van der Waals surface area contributed by atoms with E-state index in [0.29, 0.717) is 15.0 Å². The average Bonchev–Trinajstić information content (AvgIpc) is 2.44. The van der Waals surface area contributed by atoms with Crippen molar-refractivity contribution in [2.24, 2.45) is 5.41 Å². The summed E-state index contributed by atoms with van der Waals surface area (Å²) in [5, 5.41) is -0.619. The van der Waals surface area contributed by atoms with Gasteiger partial charge in [0, 0.05) is 19.9 Å². The Labute approximate surface area is 155 Å². The van der Waals surface area contributed by atoms with E-state index in [0.717, 1.165) is 4.90 Å². The maximum atomic E-state index is 11.8. The van der Waals surface area contributed by atoms with Gasteiger partial charge < -0.3 is 0 Å². The Morgan fingerprint density at radius 1 is 1.09 bits per heavy atom. The third kappa shape index (κ3) is 3.86. The number of halogens is 4. The minimum Gasteiger partial charge on any atom is -0.280 e. The van der Waals surface area contributed by atoms with Gasteiger partial charge in [-0.3, -0.25) is 9.59 Å². The highest BCUT2D eigenvalue weighted by molar-refractivity contribution is 8.78. The monoisotopic (exact) mass is 412 g/mol. The van der Waals surface area contributed by atoms with E-state index < -0.39 is 15.9 Å². The van der Waals surface area contributed by atoms with E-state index in [1.54, 1.807) is 24.3 Å². The molecule has 1 aromatic rings. The first kappa shape index (κ1) is 18.2. The topological polar surface area (TPSA) is 34.1 Å². The van der Waals surface area contributed by atoms with Crippen molar-refractivity contribution in [3.05, 3.63) is 51.4 Å². The van der Waals surface area contributed by atoms with Crippen molar-refractivity contribution in [3.8, 4) is 0 Å². The fourth-order valence-corrected chi connectivity index (χ4v) is 5.51. The molecular formula is C14H8Cl4O2S2. The predicted molar refractivity (Wildman–Crippen MR) is 95.7 cm³/mol. The predicted octanol–water partition coefficient (Wildman–Crippen LogP) is 6.01. The maximum absolute atomic E-state index is 11.8. The van der Waals surface area contributed by atoms with E-state index in [-0.39, 0.29) is 6.42 Å². The van der Waals surface area contributed by atoms with Gasteiger partial charge in [-0.2, -0.15) is 0 Å². The second-order valence-corrected chi connectivity index (χ2v) is 8.18. The van der Waals surface area contributed by atoms with Gasteiger partial charge in [-0.15, -0.1) is 0 Å². The SMILES string of the molecule is O=C(Cl)C1(C(=O)Cl)CC=C(Cl)C=C1SSc1cccc(Cl)c1. The maximum Gasteiger partial charge on any atom is 0.241 e. The molecule has 0 saturated carbocycles. The van der Waals surface area contributed by atoms with Gasteiger partial charge in [-0.1, -0.05) is 56.9 Å². The number of allylic oxidation sites excluding steroid dienone is 4. The highest BCUT2D eigenvalue weighted by Gasteiger charge is 2.48. The van der Waals surface area contributed by atoms with Crippen molar-refractivity contribution in [1.29, 1.82) is 0 Å². The van der Waals surface area contributed by atoms with Crippen LogP contribution in [0.25, 0.3) is 0 Å². The van der Waals surface area contributed by atoms with Crippen LogP contribution in [0.5, 0.6) is 0 Å². The van der Waals surface area contributed by atoms with Crippen LogP contribution in [0.15, 0.2) is 51.3 Å². The summed E-state index contributed by atoms with van der Waals surface area (Å²) in [6.45, 7) is 0. The van der Waals surface area contributed by atoms with Crippen LogP contribution >= 0.6 is 68.0 Å². The molecule has 0 aromatic heterocycles. The quantitative estimate of drug-likeness (QED) is 0.336. The summed E-state index contributed by atoms with van der Waals surface area (Å²) in [7, 11) is 2.55. The van der Waals surface area contributed by atoms with Gasteiger partial charge in [0.2, 0.25) is 10.5 Å². The summed E-state index contributed by atoms with van der Waals surface area (Å²) in [4.78, 5) is 25.0. The molecule has 0 saturated heterocycles. The van der Waals surface area contributed by atoms with Crippen LogP contribution in [0.1, 0.15) is 6.42 Å². The average molecular weight is 414 g/mol. The van der Waals surface area contributed by atoms with Gasteiger partial charge in [0.15, 0.2) is 5.41 Å². The van der Waals surface area contributed by atoms with Crippen molar-refractivity contribution in [1.82, 2.24) is 0 Å². The molecule has 0 spiro atoms. The zero-order valence-electron chi connectivity index (χ0n) is 10.8. The first-order chi connectivity index (χ1) is 10.4. The molecule has 22 heavy (non-hydrogen) atoms. The minimum atomic E-state index is -1.59. The largest absolute Gasteiger partial charge is 0.280 e. The summed E-state index contributed by atoms with van der Waals surface area (Å²) < 4.78 is 0. The zero-order valence-corrected chi connectivity index (χ0v) is 15.5. The molecule has 0 aliphatic heterocycles. The fraction of sp³-hybridized carbons (Fsp3) is 0.143. The summed E-state index contributed by atoms with van der Waals surface area (Å²) >= 11 is 23.2. The van der Waals surface area contributed by atoms with Gasteiger partial charge in [0.05, 0.1) is 0 Å². The van der Waals surface area contributed by atoms with Crippen LogP contribution in [-0.2, 0) is 9.59 Å². The van der Waals surface area contributed by atoms with Crippen LogP contribution in [0, 0.1) is 5.41 Å². The normalized spacial score (nSPS) is 16.7. The third-order valence-corrected chi connectivity index (χ3v) is 6.67. The first-order valence-electron chi connectivity index (χ1n) is 5.94. The third-order valence-electron chi connectivity index (χ3n) is 2.99. The van der Waals surface area contributed by atoms with Crippen molar-refractivity contribution in [2.75, 3.05) is 0 Å². The molecule has 0 N–H and O–H groups in total. The van der Waals surface area contributed by atoms with Gasteiger partial charge in [0.1, 0.15) is 0 Å². The molecule has 0 radical (unpaired) electrons. The molecule has 8 heteroatoms. The lowest BCUT2D eigenvalue weighted by atomic mass is 9.84. The molecule has 0 bridgehead atoms. The number of benzene rings is 1. The summed E-state index contributed by atoms with van der Waals surface area (Å²) in [6, 6.07) is 7.19. The molecule has 1 aliphatic carbocycles. The number of carbonyl (C=O) groups is 2. The standard InChI is InChI=1S/C14H8Cl4O2S2/c15-8-2-1-3-10(6-8)21-22-11-7-9(16)4-5-14(11,12(17)19)13(18)20/h1-4,6-7H,5H2. The van der Waals surface area contributed by atoms with Gasteiger partial charge in [0.25, 0.3) is 0 Å². The van der Waals surface area contributed by atoms with Gasteiger partial charge in [-0.25, -0.2) is 0 Å². The Morgan fingerprint density at radius 3 is 2.36 bits per heavy atom. The lowest BCUT2D eigenvalue weighted by molar-refractivity contribution is -0.128. The molecule has 0 atom stereocenters. The number of hydrogen-bond acceptors (Lipinski definition) is 4. The summed E-state index contributed by atoms with van der Waals surface area (Å²) in [5.74, 6) is 0. The second kappa shape index (κ2) is 7.65.